The summed E-state index contributed by atoms with van der Waals surface area (Å²) in [6.45, 7) is 5.27. The van der Waals surface area contributed by atoms with Crippen molar-refractivity contribution >= 4 is 28.1 Å². The van der Waals surface area contributed by atoms with Crippen LogP contribution in [0.4, 0.5) is 0 Å². The van der Waals surface area contributed by atoms with Crippen LogP contribution < -0.4 is 5.32 Å². The number of rotatable bonds is 6. The van der Waals surface area contributed by atoms with Crippen LogP contribution in [0, 0.1) is 0 Å². The summed E-state index contributed by atoms with van der Waals surface area (Å²) < 4.78 is 2.13. The molecule has 1 amide bonds. The van der Waals surface area contributed by atoms with Gasteiger partial charge in [0.1, 0.15) is 5.69 Å². The fraction of sp³-hybridized carbons (Fsp3) is 0.250. The number of hydrogen-bond acceptors (Lipinski definition) is 4. The highest BCUT2D eigenvalue weighted by Gasteiger charge is 2.12. The van der Waals surface area contributed by atoms with E-state index in [1.807, 2.05) is 23.7 Å². The quantitative estimate of drug-likeness (QED) is 0.533. The number of H-pyrrole nitrogens is 1. The molecule has 0 aliphatic heterocycles. The second-order valence-corrected chi connectivity index (χ2v) is 7.69. The Morgan fingerprint density at radius 3 is 2.96 bits per heavy atom. The largest absolute Gasteiger partial charge is 0.345 e. The number of fused-ring (bicyclic) bond motifs is 1. The fourth-order valence-electron chi connectivity index (χ4n) is 2.95. The van der Waals surface area contributed by atoms with Gasteiger partial charge in [-0.05, 0) is 23.6 Å². The zero-order chi connectivity index (χ0) is 18.8. The second kappa shape index (κ2) is 7.36. The molecule has 0 atom stereocenters. The average molecular weight is 379 g/mol. The standard InChI is InChI=1S/C20H21N5OS/c1-13(2)20-22-16(12-27-20)10-21-19(26)17-9-15(23-24-17)11-25-8-7-14-5-3-4-6-18(14)25/h3-9,12-13H,10-11H2,1-2H3,(H,21,26)(H,23,24). The number of aromatic nitrogens is 4. The van der Waals surface area contributed by atoms with E-state index >= 15 is 0 Å². The van der Waals surface area contributed by atoms with Crippen molar-refractivity contribution in [3.63, 3.8) is 0 Å². The van der Waals surface area contributed by atoms with Gasteiger partial charge in [0.25, 0.3) is 5.91 Å². The summed E-state index contributed by atoms with van der Waals surface area (Å²) in [7, 11) is 0. The molecule has 3 aromatic heterocycles. The van der Waals surface area contributed by atoms with Crippen molar-refractivity contribution in [3.05, 3.63) is 70.1 Å². The van der Waals surface area contributed by atoms with Crippen LogP contribution >= 0.6 is 11.3 Å². The molecule has 0 unspecified atom stereocenters. The van der Waals surface area contributed by atoms with Gasteiger partial charge in [-0.2, -0.15) is 5.10 Å². The molecular weight excluding hydrogens is 358 g/mol. The summed E-state index contributed by atoms with van der Waals surface area (Å²) in [5.41, 5.74) is 3.31. The monoisotopic (exact) mass is 379 g/mol. The number of nitrogens with zero attached hydrogens (tertiary/aromatic N) is 3. The number of nitrogens with one attached hydrogen (secondary N) is 2. The third kappa shape index (κ3) is 3.78. The van der Waals surface area contributed by atoms with Crippen molar-refractivity contribution in [3.8, 4) is 0 Å². The smallest absolute Gasteiger partial charge is 0.272 e. The minimum Gasteiger partial charge on any atom is -0.345 e. The van der Waals surface area contributed by atoms with Crippen molar-refractivity contribution in [1.29, 1.82) is 0 Å². The number of benzene rings is 1. The Balaban J connectivity index is 1.40. The molecule has 0 bridgehead atoms. The normalized spacial score (nSPS) is 11.4. The lowest BCUT2D eigenvalue weighted by atomic mass is 10.2. The van der Waals surface area contributed by atoms with Gasteiger partial charge < -0.3 is 9.88 Å². The number of aromatic amines is 1. The van der Waals surface area contributed by atoms with Crippen molar-refractivity contribution < 1.29 is 4.79 Å². The lowest BCUT2D eigenvalue weighted by Gasteiger charge is -2.02. The molecule has 1 aromatic carbocycles. The Morgan fingerprint density at radius 2 is 2.15 bits per heavy atom. The lowest BCUT2D eigenvalue weighted by Crippen LogP contribution is -2.23. The maximum Gasteiger partial charge on any atom is 0.272 e. The zero-order valence-corrected chi connectivity index (χ0v) is 16.1. The van der Waals surface area contributed by atoms with Crippen LogP contribution in [0.3, 0.4) is 0 Å². The number of hydrogen-bond donors (Lipinski definition) is 2. The number of carbonyl (C=O) groups is 1. The predicted molar refractivity (Wildman–Crippen MR) is 107 cm³/mol. The Morgan fingerprint density at radius 1 is 1.30 bits per heavy atom. The number of amides is 1. The second-order valence-electron chi connectivity index (χ2n) is 6.80. The van der Waals surface area contributed by atoms with Crippen LogP contribution in [0.2, 0.25) is 0 Å². The first-order valence-corrected chi connectivity index (χ1v) is 9.79. The highest BCUT2D eigenvalue weighted by molar-refractivity contribution is 7.09. The number of carbonyl (C=O) groups excluding carboxylic acids is 1. The van der Waals surface area contributed by atoms with Crippen LogP contribution in [-0.4, -0.2) is 25.7 Å². The third-order valence-corrected chi connectivity index (χ3v) is 5.57. The van der Waals surface area contributed by atoms with Crippen LogP contribution in [-0.2, 0) is 13.1 Å². The van der Waals surface area contributed by atoms with Crippen LogP contribution in [0.5, 0.6) is 0 Å². The molecule has 0 aliphatic rings. The molecule has 0 fully saturated rings. The fourth-order valence-corrected chi connectivity index (χ4v) is 3.79. The first-order chi connectivity index (χ1) is 13.1. The molecule has 0 spiro atoms. The van der Waals surface area contributed by atoms with E-state index in [4.69, 9.17) is 0 Å². The molecule has 0 radical (unpaired) electrons. The topological polar surface area (TPSA) is 75.6 Å². The first kappa shape index (κ1) is 17.5. The molecule has 3 heterocycles. The Labute approximate surface area is 161 Å². The van der Waals surface area contributed by atoms with Gasteiger partial charge in [0, 0.05) is 23.0 Å². The molecule has 27 heavy (non-hydrogen) atoms. The molecule has 0 aliphatic carbocycles. The molecule has 0 saturated carbocycles. The average Bonchev–Trinajstić information content (AvgIpc) is 3.40. The van der Waals surface area contributed by atoms with Crippen LogP contribution in [0.25, 0.3) is 10.9 Å². The zero-order valence-electron chi connectivity index (χ0n) is 15.3. The Bertz CT molecular complexity index is 1070. The van der Waals surface area contributed by atoms with Crippen LogP contribution in [0.1, 0.15) is 46.6 Å². The van der Waals surface area contributed by atoms with E-state index in [2.05, 4.69) is 57.1 Å². The highest BCUT2D eigenvalue weighted by atomic mass is 32.1. The molecule has 4 rings (SSSR count). The molecule has 0 saturated heterocycles. The van der Waals surface area contributed by atoms with Crippen molar-refractivity contribution in [2.45, 2.75) is 32.9 Å². The van der Waals surface area contributed by atoms with Crippen LogP contribution in [0.15, 0.2) is 48.0 Å². The molecule has 4 aromatic rings. The first-order valence-electron chi connectivity index (χ1n) is 8.91. The summed E-state index contributed by atoms with van der Waals surface area (Å²) in [5, 5.41) is 14.3. The summed E-state index contributed by atoms with van der Waals surface area (Å²) in [6.07, 6.45) is 2.04. The maximum atomic E-state index is 12.4. The van der Waals surface area contributed by atoms with E-state index < -0.39 is 0 Å². The predicted octanol–water partition coefficient (Wildman–Crippen LogP) is 3.92. The molecule has 2 N–H and O–H groups in total. The SMILES string of the molecule is CC(C)c1nc(CNC(=O)c2cc(Cn3ccc4ccccc43)[nH]n2)cs1. The third-order valence-electron chi connectivity index (χ3n) is 4.38. The van der Waals surface area contributed by atoms with Crippen molar-refractivity contribution in [2.24, 2.45) is 0 Å². The van der Waals surface area contributed by atoms with E-state index in [0.29, 0.717) is 24.7 Å². The molecular formula is C20H21N5OS. The Hall–Kier alpha value is -2.93. The Kier molecular flexibility index (Phi) is 4.77. The minimum absolute atomic E-state index is 0.200. The number of thiazole rings is 1. The van der Waals surface area contributed by atoms with Crippen molar-refractivity contribution in [2.75, 3.05) is 0 Å². The van der Waals surface area contributed by atoms with Gasteiger partial charge in [0.05, 0.1) is 29.5 Å². The van der Waals surface area contributed by atoms with Crippen molar-refractivity contribution in [1.82, 2.24) is 25.1 Å². The van der Waals surface area contributed by atoms with E-state index in [0.717, 1.165) is 21.9 Å². The van der Waals surface area contributed by atoms with Gasteiger partial charge in [-0.15, -0.1) is 11.3 Å². The van der Waals surface area contributed by atoms with Gasteiger partial charge in [0.2, 0.25) is 0 Å². The molecule has 7 heteroatoms. The summed E-state index contributed by atoms with van der Waals surface area (Å²) in [6, 6.07) is 12.1. The highest BCUT2D eigenvalue weighted by Crippen LogP contribution is 2.19. The van der Waals surface area contributed by atoms with Gasteiger partial charge in [-0.1, -0.05) is 32.0 Å². The maximum absolute atomic E-state index is 12.4. The van der Waals surface area contributed by atoms with Gasteiger partial charge in [-0.25, -0.2) is 4.98 Å². The minimum atomic E-state index is -0.200. The summed E-state index contributed by atoms with van der Waals surface area (Å²) >= 11 is 1.63. The van der Waals surface area contributed by atoms with Gasteiger partial charge >= 0.3 is 0 Å². The number of para-hydroxylation sites is 1. The summed E-state index contributed by atoms with van der Waals surface area (Å²) in [4.78, 5) is 16.9. The van der Waals surface area contributed by atoms with E-state index in [9.17, 15) is 4.79 Å². The van der Waals surface area contributed by atoms with E-state index in [1.165, 1.54) is 5.39 Å². The van der Waals surface area contributed by atoms with Gasteiger partial charge in [0.15, 0.2) is 0 Å². The molecule has 138 valence electrons. The van der Waals surface area contributed by atoms with Gasteiger partial charge in [-0.3, -0.25) is 9.89 Å². The summed E-state index contributed by atoms with van der Waals surface area (Å²) in [5.74, 6) is 0.201. The lowest BCUT2D eigenvalue weighted by molar-refractivity contribution is 0.0945. The molecule has 6 nitrogen and oxygen atoms in total. The van der Waals surface area contributed by atoms with E-state index in [-0.39, 0.29) is 5.91 Å². The van der Waals surface area contributed by atoms with E-state index in [1.54, 1.807) is 17.4 Å².